The van der Waals surface area contributed by atoms with Gasteiger partial charge in [0.15, 0.2) is 11.5 Å². The molecule has 1 heterocycles. The van der Waals surface area contributed by atoms with Gasteiger partial charge in [-0.05, 0) is 13.0 Å². The minimum absolute atomic E-state index is 0.504. The van der Waals surface area contributed by atoms with E-state index in [9.17, 15) is 5.11 Å². The van der Waals surface area contributed by atoms with Crippen molar-refractivity contribution in [2.45, 2.75) is 13.0 Å². The molecule has 1 aliphatic heterocycles. The van der Waals surface area contributed by atoms with Crippen LogP contribution in [0.25, 0.3) is 0 Å². The van der Waals surface area contributed by atoms with Crippen molar-refractivity contribution >= 4 is 11.6 Å². The summed E-state index contributed by atoms with van der Waals surface area (Å²) in [4.78, 5) is 0. The molecule has 0 aliphatic carbocycles. The number of halogens is 1. The predicted octanol–water partition coefficient (Wildman–Crippen LogP) is 2.16. The van der Waals surface area contributed by atoms with Crippen molar-refractivity contribution in [3.8, 4) is 11.5 Å². The van der Waals surface area contributed by atoms with Crippen LogP contribution in [0.3, 0.4) is 0 Å². The zero-order valence-corrected chi connectivity index (χ0v) is 8.54. The van der Waals surface area contributed by atoms with E-state index in [4.69, 9.17) is 21.1 Å². The van der Waals surface area contributed by atoms with Gasteiger partial charge in [-0.1, -0.05) is 11.6 Å². The Morgan fingerprint density at radius 2 is 1.86 bits per heavy atom. The van der Waals surface area contributed by atoms with Crippen LogP contribution < -0.4 is 9.47 Å². The summed E-state index contributed by atoms with van der Waals surface area (Å²) in [6.45, 7) is 2.74. The van der Waals surface area contributed by atoms with E-state index in [0.29, 0.717) is 35.3 Å². The highest BCUT2D eigenvalue weighted by Gasteiger charge is 2.16. The van der Waals surface area contributed by atoms with Crippen LogP contribution in [0.5, 0.6) is 11.5 Å². The van der Waals surface area contributed by atoms with Gasteiger partial charge in [-0.15, -0.1) is 0 Å². The summed E-state index contributed by atoms with van der Waals surface area (Å²) in [7, 11) is 0. The molecule has 1 aromatic rings. The molecule has 0 saturated heterocycles. The standard InChI is InChI=1S/C10H11ClO3/c1-6(12)7-4-9-10(5-8(7)11)14-3-2-13-9/h4-6,12H,2-3H2,1H3/t6-/m0/s1. The molecule has 0 bridgehead atoms. The minimum atomic E-state index is -0.599. The molecule has 0 aromatic heterocycles. The molecular formula is C10H11ClO3. The number of ether oxygens (including phenoxy) is 2. The lowest BCUT2D eigenvalue weighted by molar-refractivity contribution is 0.168. The van der Waals surface area contributed by atoms with Crippen molar-refractivity contribution in [2.24, 2.45) is 0 Å². The molecule has 76 valence electrons. The third-order valence-electron chi connectivity index (χ3n) is 2.11. The zero-order chi connectivity index (χ0) is 10.1. The number of aliphatic hydroxyl groups excluding tert-OH is 1. The number of rotatable bonds is 1. The lowest BCUT2D eigenvalue weighted by atomic mass is 10.1. The van der Waals surface area contributed by atoms with Gasteiger partial charge in [0, 0.05) is 11.6 Å². The molecule has 1 atom stereocenters. The summed E-state index contributed by atoms with van der Waals surface area (Å²) in [6, 6.07) is 3.40. The molecule has 4 heteroatoms. The summed E-state index contributed by atoms with van der Waals surface area (Å²) < 4.78 is 10.7. The molecule has 1 aromatic carbocycles. The van der Waals surface area contributed by atoms with Crippen LogP contribution in [0.4, 0.5) is 0 Å². The quantitative estimate of drug-likeness (QED) is 0.779. The van der Waals surface area contributed by atoms with Crippen molar-refractivity contribution in [3.63, 3.8) is 0 Å². The number of aliphatic hydroxyl groups is 1. The van der Waals surface area contributed by atoms with Crippen molar-refractivity contribution < 1.29 is 14.6 Å². The summed E-state index contributed by atoms with van der Waals surface area (Å²) in [5, 5.41) is 9.93. The Hall–Kier alpha value is -0.930. The fourth-order valence-corrected chi connectivity index (χ4v) is 1.71. The van der Waals surface area contributed by atoms with Crippen molar-refractivity contribution in [1.82, 2.24) is 0 Å². The first-order chi connectivity index (χ1) is 6.68. The van der Waals surface area contributed by atoms with E-state index in [1.54, 1.807) is 19.1 Å². The fourth-order valence-electron chi connectivity index (χ4n) is 1.40. The van der Waals surface area contributed by atoms with Gasteiger partial charge in [-0.3, -0.25) is 0 Å². The smallest absolute Gasteiger partial charge is 0.162 e. The van der Waals surface area contributed by atoms with Crippen LogP contribution in [0.2, 0.25) is 5.02 Å². The Bertz CT molecular complexity index is 349. The van der Waals surface area contributed by atoms with E-state index in [0.717, 1.165) is 0 Å². The average Bonchev–Trinajstić information content (AvgIpc) is 2.16. The monoisotopic (exact) mass is 214 g/mol. The van der Waals surface area contributed by atoms with E-state index in [1.165, 1.54) is 0 Å². The molecule has 0 saturated carbocycles. The molecule has 14 heavy (non-hydrogen) atoms. The van der Waals surface area contributed by atoms with Gasteiger partial charge in [0.2, 0.25) is 0 Å². The van der Waals surface area contributed by atoms with Gasteiger partial charge in [0.1, 0.15) is 13.2 Å². The minimum Gasteiger partial charge on any atom is -0.486 e. The maximum Gasteiger partial charge on any atom is 0.162 e. The van der Waals surface area contributed by atoms with Crippen LogP contribution >= 0.6 is 11.6 Å². The van der Waals surface area contributed by atoms with E-state index >= 15 is 0 Å². The average molecular weight is 215 g/mol. The van der Waals surface area contributed by atoms with Gasteiger partial charge < -0.3 is 14.6 Å². The topological polar surface area (TPSA) is 38.7 Å². The molecule has 1 aliphatic rings. The van der Waals surface area contributed by atoms with Crippen molar-refractivity contribution in [2.75, 3.05) is 13.2 Å². The van der Waals surface area contributed by atoms with Crippen molar-refractivity contribution in [1.29, 1.82) is 0 Å². The maximum atomic E-state index is 9.43. The third-order valence-corrected chi connectivity index (χ3v) is 2.44. The lowest BCUT2D eigenvalue weighted by Crippen LogP contribution is -2.15. The Morgan fingerprint density at radius 3 is 2.43 bits per heavy atom. The molecule has 0 spiro atoms. The first-order valence-electron chi connectivity index (χ1n) is 4.45. The molecule has 2 rings (SSSR count). The Labute approximate surface area is 87.2 Å². The second-order valence-electron chi connectivity index (χ2n) is 3.19. The first kappa shape index (κ1) is 9.62. The fraction of sp³-hybridized carbons (Fsp3) is 0.400. The molecule has 1 N–H and O–H groups in total. The Morgan fingerprint density at radius 1 is 1.29 bits per heavy atom. The second kappa shape index (κ2) is 3.67. The van der Waals surface area contributed by atoms with Crippen molar-refractivity contribution in [3.05, 3.63) is 22.7 Å². The second-order valence-corrected chi connectivity index (χ2v) is 3.60. The molecule has 3 nitrogen and oxygen atoms in total. The predicted molar refractivity (Wildman–Crippen MR) is 53.1 cm³/mol. The molecule has 0 radical (unpaired) electrons. The van der Waals surface area contributed by atoms with Crippen LogP contribution in [-0.4, -0.2) is 18.3 Å². The Kier molecular flexibility index (Phi) is 2.52. The third kappa shape index (κ3) is 1.65. The maximum absolute atomic E-state index is 9.43. The largest absolute Gasteiger partial charge is 0.486 e. The number of fused-ring (bicyclic) bond motifs is 1. The Balaban J connectivity index is 2.45. The highest BCUT2D eigenvalue weighted by molar-refractivity contribution is 6.31. The van der Waals surface area contributed by atoms with Gasteiger partial charge in [0.05, 0.1) is 11.1 Å². The van der Waals surface area contributed by atoms with Gasteiger partial charge in [-0.25, -0.2) is 0 Å². The molecule has 0 unspecified atom stereocenters. The molecule has 0 amide bonds. The molecular weight excluding hydrogens is 204 g/mol. The van der Waals surface area contributed by atoms with E-state index < -0.39 is 6.10 Å². The van der Waals surface area contributed by atoms with Gasteiger partial charge >= 0.3 is 0 Å². The summed E-state index contributed by atoms with van der Waals surface area (Å²) in [5.41, 5.74) is 0.663. The van der Waals surface area contributed by atoms with E-state index in [2.05, 4.69) is 0 Å². The highest BCUT2D eigenvalue weighted by atomic mass is 35.5. The van der Waals surface area contributed by atoms with Crippen LogP contribution in [0.1, 0.15) is 18.6 Å². The lowest BCUT2D eigenvalue weighted by Gasteiger charge is -2.20. The summed E-state index contributed by atoms with van der Waals surface area (Å²) in [6.07, 6.45) is -0.599. The number of hydrogen-bond donors (Lipinski definition) is 1. The van der Waals surface area contributed by atoms with Crippen LogP contribution in [-0.2, 0) is 0 Å². The van der Waals surface area contributed by atoms with E-state index in [1.807, 2.05) is 0 Å². The van der Waals surface area contributed by atoms with Gasteiger partial charge in [0.25, 0.3) is 0 Å². The van der Waals surface area contributed by atoms with Crippen LogP contribution in [0.15, 0.2) is 12.1 Å². The zero-order valence-electron chi connectivity index (χ0n) is 7.79. The van der Waals surface area contributed by atoms with Gasteiger partial charge in [-0.2, -0.15) is 0 Å². The van der Waals surface area contributed by atoms with E-state index in [-0.39, 0.29) is 0 Å². The number of hydrogen-bond acceptors (Lipinski definition) is 3. The first-order valence-corrected chi connectivity index (χ1v) is 4.83. The normalized spacial score (nSPS) is 16.5. The molecule has 0 fully saturated rings. The van der Waals surface area contributed by atoms with Crippen LogP contribution in [0, 0.1) is 0 Å². The number of benzene rings is 1. The summed E-state index contributed by atoms with van der Waals surface area (Å²) >= 11 is 5.96. The summed E-state index contributed by atoms with van der Waals surface area (Å²) in [5.74, 6) is 1.29. The highest BCUT2D eigenvalue weighted by Crippen LogP contribution is 2.37. The SMILES string of the molecule is C[C@H](O)c1cc2c(cc1Cl)OCCO2.